The normalized spacial score (nSPS) is 22.9. The predicted octanol–water partition coefficient (Wildman–Crippen LogP) is 2.50. The second kappa shape index (κ2) is 8.37. The minimum Gasteiger partial charge on any atom is -0.305 e. The molecule has 0 bridgehead atoms. The number of nitrogens with zero attached hydrogens (tertiary/aromatic N) is 2. The Balaban J connectivity index is 2.06. The summed E-state index contributed by atoms with van der Waals surface area (Å²) in [5.41, 5.74) is 0. The average Bonchev–Trinajstić information content (AvgIpc) is 2.28. The van der Waals surface area contributed by atoms with Gasteiger partial charge in [-0.3, -0.25) is 0 Å². The molecule has 0 aliphatic carbocycles. The predicted molar refractivity (Wildman–Crippen MR) is 75.5 cm³/mol. The number of rotatable bonds is 7. The molecule has 1 heterocycles. The summed E-state index contributed by atoms with van der Waals surface area (Å²) in [6.45, 7) is 3.81. The van der Waals surface area contributed by atoms with E-state index in [0.717, 1.165) is 11.8 Å². The molecule has 0 saturated carbocycles. The highest BCUT2D eigenvalue weighted by atomic mass is 32.1. The molecule has 0 radical (unpaired) electrons. The van der Waals surface area contributed by atoms with Crippen LogP contribution in [0.1, 0.15) is 38.5 Å². The van der Waals surface area contributed by atoms with Gasteiger partial charge >= 0.3 is 0 Å². The molecular formula is C13H28N2S. The van der Waals surface area contributed by atoms with Gasteiger partial charge in [0.15, 0.2) is 0 Å². The van der Waals surface area contributed by atoms with Gasteiger partial charge in [-0.2, -0.15) is 12.6 Å². The Morgan fingerprint density at radius 2 is 2.00 bits per heavy atom. The Morgan fingerprint density at radius 1 is 1.25 bits per heavy atom. The Labute approximate surface area is 107 Å². The summed E-state index contributed by atoms with van der Waals surface area (Å²) in [6, 6.07) is 0.795. The fraction of sp³-hybridized carbons (Fsp3) is 1.00. The van der Waals surface area contributed by atoms with Gasteiger partial charge in [0.25, 0.3) is 0 Å². The highest BCUT2D eigenvalue weighted by molar-refractivity contribution is 7.80. The lowest BCUT2D eigenvalue weighted by molar-refractivity contribution is 0.133. The van der Waals surface area contributed by atoms with E-state index in [-0.39, 0.29) is 0 Å². The van der Waals surface area contributed by atoms with Crippen LogP contribution in [0, 0.1) is 0 Å². The van der Waals surface area contributed by atoms with E-state index >= 15 is 0 Å². The Kier molecular flexibility index (Phi) is 7.50. The Hall–Kier alpha value is 0.270. The van der Waals surface area contributed by atoms with Crippen molar-refractivity contribution >= 4 is 12.6 Å². The third-order valence-electron chi connectivity index (χ3n) is 3.64. The van der Waals surface area contributed by atoms with Crippen molar-refractivity contribution in [1.82, 2.24) is 9.80 Å². The van der Waals surface area contributed by atoms with Crippen molar-refractivity contribution in [3.8, 4) is 0 Å². The molecule has 1 aliphatic heterocycles. The van der Waals surface area contributed by atoms with Gasteiger partial charge in [-0.25, -0.2) is 0 Å². The number of likely N-dealkylation sites (tertiary alicyclic amines) is 1. The van der Waals surface area contributed by atoms with Gasteiger partial charge in [0.05, 0.1) is 0 Å². The van der Waals surface area contributed by atoms with Gasteiger partial charge in [0.1, 0.15) is 0 Å². The lowest BCUT2D eigenvalue weighted by atomic mass is 10.0. The minimum atomic E-state index is 0.795. The van der Waals surface area contributed by atoms with Crippen LogP contribution in [-0.4, -0.2) is 55.3 Å². The van der Waals surface area contributed by atoms with E-state index in [4.69, 9.17) is 0 Å². The molecule has 0 amide bonds. The number of thiol groups is 1. The molecule has 3 heteroatoms. The summed E-state index contributed by atoms with van der Waals surface area (Å²) in [7, 11) is 4.54. The maximum absolute atomic E-state index is 4.24. The first-order valence-corrected chi connectivity index (χ1v) is 7.37. The maximum atomic E-state index is 4.24. The summed E-state index contributed by atoms with van der Waals surface area (Å²) >= 11 is 4.24. The number of unbranched alkanes of at least 4 members (excludes halogenated alkanes) is 3. The van der Waals surface area contributed by atoms with Crippen molar-refractivity contribution in [3.63, 3.8) is 0 Å². The van der Waals surface area contributed by atoms with Crippen molar-refractivity contribution < 1.29 is 0 Å². The number of likely N-dealkylation sites (N-methyl/N-ethyl adjacent to an activating group) is 2. The van der Waals surface area contributed by atoms with E-state index in [1.54, 1.807) is 0 Å². The first kappa shape index (κ1) is 14.3. The van der Waals surface area contributed by atoms with E-state index in [1.165, 1.54) is 58.2 Å². The molecule has 0 aromatic carbocycles. The molecule has 0 aromatic heterocycles. The van der Waals surface area contributed by atoms with Gasteiger partial charge in [0.2, 0.25) is 0 Å². The molecule has 96 valence electrons. The molecule has 1 aliphatic rings. The Bertz CT molecular complexity index is 175. The van der Waals surface area contributed by atoms with E-state index in [0.29, 0.717) is 0 Å². The highest BCUT2D eigenvalue weighted by Gasteiger charge is 2.20. The monoisotopic (exact) mass is 244 g/mol. The largest absolute Gasteiger partial charge is 0.305 e. The molecule has 2 nitrogen and oxygen atoms in total. The lowest BCUT2D eigenvalue weighted by Crippen LogP contribution is -2.45. The summed E-state index contributed by atoms with van der Waals surface area (Å²) in [4.78, 5) is 5.03. The van der Waals surface area contributed by atoms with Gasteiger partial charge in [-0.05, 0) is 58.6 Å². The second-order valence-electron chi connectivity index (χ2n) is 5.18. The number of hydrogen-bond acceptors (Lipinski definition) is 3. The SMILES string of the molecule is CN1CCCC(N(C)CCCCCCS)C1. The molecule has 1 saturated heterocycles. The van der Waals surface area contributed by atoms with Crippen molar-refractivity contribution in [2.45, 2.75) is 44.6 Å². The van der Waals surface area contributed by atoms with Crippen LogP contribution in [0.5, 0.6) is 0 Å². The summed E-state index contributed by atoms with van der Waals surface area (Å²) < 4.78 is 0. The molecule has 16 heavy (non-hydrogen) atoms. The molecule has 0 N–H and O–H groups in total. The smallest absolute Gasteiger partial charge is 0.0220 e. The zero-order valence-electron chi connectivity index (χ0n) is 11.0. The van der Waals surface area contributed by atoms with Crippen molar-refractivity contribution in [1.29, 1.82) is 0 Å². The van der Waals surface area contributed by atoms with E-state index in [1.807, 2.05) is 0 Å². The van der Waals surface area contributed by atoms with Gasteiger partial charge in [0, 0.05) is 12.6 Å². The summed E-state index contributed by atoms with van der Waals surface area (Å²) in [5, 5.41) is 0. The Morgan fingerprint density at radius 3 is 2.69 bits per heavy atom. The minimum absolute atomic E-state index is 0.795. The summed E-state index contributed by atoms with van der Waals surface area (Å²) in [6.07, 6.45) is 8.10. The van der Waals surface area contributed by atoms with Crippen molar-refractivity contribution in [3.05, 3.63) is 0 Å². The van der Waals surface area contributed by atoms with Crippen molar-refractivity contribution in [2.24, 2.45) is 0 Å². The molecule has 0 aromatic rings. The van der Waals surface area contributed by atoms with Crippen LogP contribution in [0.25, 0.3) is 0 Å². The maximum Gasteiger partial charge on any atom is 0.0220 e. The van der Waals surface area contributed by atoms with Crippen LogP contribution in [0.4, 0.5) is 0 Å². The van der Waals surface area contributed by atoms with Gasteiger partial charge < -0.3 is 9.80 Å². The average molecular weight is 244 g/mol. The third-order valence-corrected chi connectivity index (χ3v) is 3.96. The third kappa shape index (κ3) is 5.55. The zero-order valence-corrected chi connectivity index (χ0v) is 11.9. The van der Waals surface area contributed by atoms with E-state index in [2.05, 4.69) is 36.5 Å². The molecule has 0 spiro atoms. The molecule has 1 atom stereocenters. The van der Waals surface area contributed by atoms with Gasteiger partial charge in [-0.1, -0.05) is 12.8 Å². The fourth-order valence-corrected chi connectivity index (χ4v) is 2.73. The topological polar surface area (TPSA) is 6.48 Å². The number of hydrogen-bond donors (Lipinski definition) is 1. The van der Waals surface area contributed by atoms with Gasteiger partial charge in [-0.15, -0.1) is 0 Å². The van der Waals surface area contributed by atoms with Crippen LogP contribution < -0.4 is 0 Å². The molecule has 1 unspecified atom stereocenters. The zero-order chi connectivity index (χ0) is 11.8. The molecule has 1 rings (SSSR count). The van der Waals surface area contributed by atoms with Crippen LogP contribution in [0.3, 0.4) is 0 Å². The van der Waals surface area contributed by atoms with Crippen LogP contribution >= 0.6 is 12.6 Å². The van der Waals surface area contributed by atoms with Crippen LogP contribution in [-0.2, 0) is 0 Å². The standard InChI is InChI=1S/C13H28N2S/c1-14-9-7-8-13(12-14)15(2)10-5-3-4-6-11-16/h13,16H,3-12H2,1-2H3. The lowest BCUT2D eigenvalue weighted by Gasteiger charge is -2.35. The van der Waals surface area contributed by atoms with E-state index in [9.17, 15) is 0 Å². The first-order chi connectivity index (χ1) is 7.74. The van der Waals surface area contributed by atoms with Crippen LogP contribution in [0.2, 0.25) is 0 Å². The van der Waals surface area contributed by atoms with Crippen molar-refractivity contribution in [2.75, 3.05) is 39.5 Å². The van der Waals surface area contributed by atoms with E-state index < -0.39 is 0 Å². The number of piperidine rings is 1. The second-order valence-corrected chi connectivity index (χ2v) is 5.62. The summed E-state index contributed by atoms with van der Waals surface area (Å²) in [5.74, 6) is 1.04. The fourth-order valence-electron chi connectivity index (χ4n) is 2.51. The molecule has 1 fully saturated rings. The van der Waals surface area contributed by atoms with Crippen LogP contribution in [0.15, 0.2) is 0 Å². The first-order valence-electron chi connectivity index (χ1n) is 6.73. The highest BCUT2D eigenvalue weighted by Crippen LogP contribution is 2.14. The molecular weight excluding hydrogens is 216 g/mol. The quantitative estimate of drug-likeness (QED) is 0.543.